The highest BCUT2D eigenvalue weighted by Crippen LogP contribution is 2.36. The zero-order valence-corrected chi connectivity index (χ0v) is 10.7. The standard InChI is InChI=1S/C13H24N2O2/c1-3-4-9-17-10-8-15-12(16)13(2)7-5-6-11(13)14/h3,11H,1,4-10,14H2,2H3,(H,15,16). The lowest BCUT2D eigenvalue weighted by molar-refractivity contribution is -0.130. The van der Waals surface area contributed by atoms with Gasteiger partial charge >= 0.3 is 0 Å². The van der Waals surface area contributed by atoms with Gasteiger partial charge in [0.25, 0.3) is 0 Å². The van der Waals surface area contributed by atoms with Gasteiger partial charge in [-0.25, -0.2) is 0 Å². The van der Waals surface area contributed by atoms with Gasteiger partial charge in [-0.2, -0.15) is 0 Å². The summed E-state index contributed by atoms with van der Waals surface area (Å²) >= 11 is 0. The molecule has 98 valence electrons. The third kappa shape index (κ3) is 3.82. The highest BCUT2D eigenvalue weighted by molar-refractivity contribution is 5.83. The molecule has 0 aromatic carbocycles. The Labute approximate surface area is 104 Å². The fourth-order valence-electron chi connectivity index (χ4n) is 2.18. The van der Waals surface area contributed by atoms with Gasteiger partial charge in [0.05, 0.1) is 18.6 Å². The highest BCUT2D eigenvalue weighted by Gasteiger charge is 2.42. The Morgan fingerprint density at radius 1 is 1.65 bits per heavy atom. The predicted octanol–water partition coefficient (Wildman–Crippen LogP) is 1.21. The second kappa shape index (κ2) is 6.77. The molecule has 0 spiro atoms. The third-order valence-corrected chi connectivity index (χ3v) is 3.55. The molecule has 0 radical (unpaired) electrons. The van der Waals surface area contributed by atoms with E-state index in [0.717, 1.165) is 25.7 Å². The molecule has 1 amide bonds. The maximum Gasteiger partial charge on any atom is 0.227 e. The zero-order valence-electron chi connectivity index (χ0n) is 10.7. The molecular formula is C13H24N2O2. The Hall–Kier alpha value is -0.870. The van der Waals surface area contributed by atoms with Gasteiger partial charge in [0.2, 0.25) is 5.91 Å². The fourth-order valence-corrected chi connectivity index (χ4v) is 2.18. The van der Waals surface area contributed by atoms with E-state index in [1.54, 1.807) is 0 Å². The van der Waals surface area contributed by atoms with Crippen LogP contribution in [-0.2, 0) is 9.53 Å². The molecule has 2 unspecified atom stereocenters. The minimum atomic E-state index is -0.388. The van der Waals surface area contributed by atoms with Crippen molar-refractivity contribution in [2.45, 2.75) is 38.6 Å². The summed E-state index contributed by atoms with van der Waals surface area (Å²) in [6.07, 6.45) is 5.53. The molecule has 1 saturated carbocycles. The van der Waals surface area contributed by atoms with Crippen LogP contribution in [0.15, 0.2) is 12.7 Å². The maximum atomic E-state index is 12.0. The van der Waals surface area contributed by atoms with E-state index in [0.29, 0.717) is 19.8 Å². The molecule has 17 heavy (non-hydrogen) atoms. The van der Waals surface area contributed by atoms with Gasteiger partial charge in [-0.15, -0.1) is 6.58 Å². The second-order valence-electron chi connectivity index (χ2n) is 4.86. The van der Waals surface area contributed by atoms with Crippen LogP contribution in [0.2, 0.25) is 0 Å². The molecule has 1 aliphatic carbocycles. The molecule has 2 atom stereocenters. The molecule has 1 fully saturated rings. The number of amides is 1. The number of ether oxygens (including phenoxy) is 1. The number of carbonyl (C=O) groups is 1. The van der Waals surface area contributed by atoms with Gasteiger partial charge in [0, 0.05) is 12.6 Å². The van der Waals surface area contributed by atoms with Crippen molar-refractivity contribution in [3.8, 4) is 0 Å². The Bertz CT molecular complexity index is 268. The van der Waals surface area contributed by atoms with E-state index in [4.69, 9.17) is 10.5 Å². The molecule has 1 aliphatic rings. The number of carbonyl (C=O) groups excluding carboxylic acids is 1. The molecule has 0 aromatic heterocycles. The van der Waals surface area contributed by atoms with Crippen LogP contribution in [-0.4, -0.2) is 31.7 Å². The van der Waals surface area contributed by atoms with E-state index in [2.05, 4.69) is 11.9 Å². The zero-order chi connectivity index (χ0) is 12.7. The maximum absolute atomic E-state index is 12.0. The molecule has 4 nitrogen and oxygen atoms in total. The largest absolute Gasteiger partial charge is 0.379 e. The van der Waals surface area contributed by atoms with Gasteiger partial charge < -0.3 is 15.8 Å². The number of nitrogens with one attached hydrogen (secondary N) is 1. The van der Waals surface area contributed by atoms with Crippen LogP contribution < -0.4 is 11.1 Å². The van der Waals surface area contributed by atoms with Crippen LogP contribution in [0.25, 0.3) is 0 Å². The second-order valence-corrected chi connectivity index (χ2v) is 4.86. The van der Waals surface area contributed by atoms with Crippen LogP contribution in [0.5, 0.6) is 0 Å². The van der Waals surface area contributed by atoms with Gasteiger partial charge in [-0.3, -0.25) is 4.79 Å². The molecule has 3 N–H and O–H groups in total. The van der Waals surface area contributed by atoms with E-state index in [9.17, 15) is 4.79 Å². The summed E-state index contributed by atoms with van der Waals surface area (Å²) < 4.78 is 5.33. The monoisotopic (exact) mass is 240 g/mol. The average molecular weight is 240 g/mol. The summed E-state index contributed by atoms with van der Waals surface area (Å²) in [6, 6.07) is -0.0100. The Kier molecular flexibility index (Phi) is 5.65. The van der Waals surface area contributed by atoms with E-state index in [1.165, 1.54) is 0 Å². The Morgan fingerprint density at radius 2 is 2.41 bits per heavy atom. The van der Waals surface area contributed by atoms with E-state index in [-0.39, 0.29) is 17.4 Å². The minimum absolute atomic E-state index is 0.0100. The molecule has 4 heteroatoms. The van der Waals surface area contributed by atoms with Gasteiger partial charge in [0.1, 0.15) is 0 Å². The minimum Gasteiger partial charge on any atom is -0.379 e. The van der Waals surface area contributed by atoms with Crippen molar-refractivity contribution in [3.05, 3.63) is 12.7 Å². The molecular weight excluding hydrogens is 216 g/mol. The van der Waals surface area contributed by atoms with Crippen molar-refractivity contribution in [2.75, 3.05) is 19.8 Å². The topological polar surface area (TPSA) is 64.3 Å². The van der Waals surface area contributed by atoms with Gasteiger partial charge in [-0.1, -0.05) is 12.5 Å². The number of nitrogens with two attached hydrogens (primary N) is 1. The van der Waals surface area contributed by atoms with E-state index >= 15 is 0 Å². The van der Waals surface area contributed by atoms with Crippen molar-refractivity contribution >= 4 is 5.91 Å². The molecule has 0 heterocycles. The summed E-state index contributed by atoms with van der Waals surface area (Å²) in [4.78, 5) is 12.0. The lowest BCUT2D eigenvalue weighted by Gasteiger charge is -2.27. The Balaban J connectivity index is 2.18. The average Bonchev–Trinajstić information content (AvgIpc) is 2.65. The molecule has 1 rings (SSSR count). The molecule has 0 aliphatic heterocycles. The quantitative estimate of drug-likeness (QED) is 0.519. The normalized spacial score (nSPS) is 28.0. The smallest absolute Gasteiger partial charge is 0.227 e. The lowest BCUT2D eigenvalue weighted by Crippen LogP contribution is -2.48. The highest BCUT2D eigenvalue weighted by atomic mass is 16.5. The fraction of sp³-hybridized carbons (Fsp3) is 0.769. The molecule has 0 aromatic rings. The summed E-state index contributed by atoms with van der Waals surface area (Å²) in [5.74, 6) is 0.0646. The first-order valence-electron chi connectivity index (χ1n) is 6.34. The third-order valence-electron chi connectivity index (χ3n) is 3.55. The summed E-state index contributed by atoms with van der Waals surface area (Å²) in [5, 5.41) is 2.90. The number of rotatable bonds is 7. The van der Waals surface area contributed by atoms with Gasteiger partial charge in [0.15, 0.2) is 0 Å². The van der Waals surface area contributed by atoms with Crippen LogP contribution in [0.1, 0.15) is 32.6 Å². The van der Waals surface area contributed by atoms with Crippen molar-refractivity contribution in [1.29, 1.82) is 0 Å². The van der Waals surface area contributed by atoms with Gasteiger partial charge in [-0.05, 0) is 26.2 Å². The summed E-state index contributed by atoms with van der Waals surface area (Å²) in [6.45, 7) is 7.33. The number of hydrogen-bond donors (Lipinski definition) is 2. The first-order valence-corrected chi connectivity index (χ1v) is 6.34. The van der Waals surface area contributed by atoms with Crippen molar-refractivity contribution in [1.82, 2.24) is 5.32 Å². The summed E-state index contributed by atoms with van der Waals surface area (Å²) in [7, 11) is 0. The van der Waals surface area contributed by atoms with Crippen LogP contribution >= 0.6 is 0 Å². The van der Waals surface area contributed by atoms with Crippen LogP contribution in [0, 0.1) is 5.41 Å². The van der Waals surface area contributed by atoms with Crippen LogP contribution in [0.3, 0.4) is 0 Å². The van der Waals surface area contributed by atoms with E-state index in [1.807, 2.05) is 13.0 Å². The van der Waals surface area contributed by atoms with Crippen molar-refractivity contribution in [3.63, 3.8) is 0 Å². The molecule has 0 bridgehead atoms. The Morgan fingerprint density at radius 3 is 3.00 bits per heavy atom. The summed E-state index contributed by atoms with van der Waals surface area (Å²) in [5.41, 5.74) is 5.59. The lowest BCUT2D eigenvalue weighted by atomic mass is 9.84. The van der Waals surface area contributed by atoms with Crippen molar-refractivity contribution < 1.29 is 9.53 Å². The predicted molar refractivity (Wildman–Crippen MR) is 68.6 cm³/mol. The van der Waals surface area contributed by atoms with E-state index < -0.39 is 0 Å². The SMILES string of the molecule is C=CCCOCCNC(=O)C1(C)CCCC1N. The van der Waals surface area contributed by atoms with Crippen molar-refractivity contribution in [2.24, 2.45) is 11.1 Å². The molecule has 0 saturated heterocycles. The first-order chi connectivity index (χ1) is 8.11. The first kappa shape index (κ1) is 14.2. The number of hydrogen-bond acceptors (Lipinski definition) is 3. The van der Waals surface area contributed by atoms with Crippen LogP contribution in [0.4, 0.5) is 0 Å².